The molecule has 6 heterocycles. The molecule has 3 fully saturated rings. The fraction of sp³-hybridized carbons (Fsp3) is 0.500. The molecule has 7 rings (SSSR count). The number of anilines is 2. The molecular formula is C30H38N8O14P2S. The zero-order valence-corrected chi connectivity index (χ0v) is 31.7. The summed E-state index contributed by atoms with van der Waals surface area (Å²) in [6.07, 6.45) is -7.61. The second-order valence-corrected chi connectivity index (χ2v) is 17.1. The van der Waals surface area contributed by atoms with Gasteiger partial charge in [0, 0.05) is 11.9 Å². The molecule has 55 heavy (non-hydrogen) atoms. The first-order valence-corrected chi connectivity index (χ1v) is 20.6. The number of amides is 1. The third-order valence-corrected chi connectivity index (χ3v) is 12.3. The Morgan fingerprint density at radius 3 is 2.38 bits per heavy atom. The van der Waals surface area contributed by atoms with Gasteiger partial charge in [-0.25, -0.2) is 19.1 Å². The number of phosphoric ester groups is 2. The van der Waals surface area contributed by atoms with Crippen LogP contribution in [0.3, 0.4) is 0 Å². The molecule has 0 spiro atoms. The summed E-state index contributed by atoms with van der Waals surface area (Å²) in [6.45, 7) is 2.22. The summed E-state index contributed by atoms with van der Waals surface area (Å²) in [5, 5.41) is 26.5. The number of carbonyl (C=O) groups is 1. The third-order valence-electron chi connectivity index (χ3n) is 8.78. The quantitative estimate of drug-likeness (QED) is 0.0826. The lowest BCUT2D eigenvalue weighted by atomic mass is 10.1. The number of nitrogen functional groups attached to an aromatic ring is 1. The van der Waals surface area contributed by atoms with Crippen molar-refractivity contribution in [2.45, 2.75) is 75.0 Å². The lowest BCUT2D eigenvalue weighted by molar-refractivity contribution is -0.190. The number of carbonyl (C=O) groups excluding carboxylic acids is 1. The van der Waals surface area contributed by atoms with Gasteiger partial charge in [-0.05, 0) is 25.8 Å². The van der Waals surface area contributed by atoms with E-state index in [1.807, 2.05) is 30.3 Å². The number of hydrogen-bond donors (Lipinski definition) is 7. The van der Waals surface area contributed by atoms with E-state index in [4.69, 9.17) is 39.5 Å². The summed E-state index contributed by atoms with van der Waals surface area (Å²) < 4.78 is 64.9. The van der Waals surface area contributed by atoms with Crippen molar-refractivity contribution < 1.29 is 66.2 Å². The van der Waals surface area contributed by atoms with E-state index in [1.54, 1.807) is 13.8 Å². The number of benzene rings is 1. The van der Waals surface area contributed by atoms with E-state index in [2.05, 4.69) is 29.6 Å². The molecule has 3 aliphatic rings. The maximum atomic E-state index is 12.8. The van der Waals surface area contributed by atoms with Crippen LogP contribution in [0.2, 0.25) is 0 Å². The van der Waals surface area contributed by atoms with Gasteiger partial charge in [0.05, 0.1) is 19.5 Å². The van der Waals surface area contributed by atoms with Crippen molar-refractivity contribution in [3.8, 4) is 0 Å². The van der Waals surface area contributed by atoms with Crippen LogP contribution in [0.25, 0.3) is 11.2 Å². The van der Waals surface area contributed by atoms with E-state index < -0.39 is 89.5 Å². The second kappa shape index (κ2) is 15.4. The Kier molecular flexibility index (Phi) is 11.2. The first-order valence-electron chi connectivity index (χ1n) is 16.7. The molecule has 0 bridgehead atoms. The van der Waals surface area contributed by atoms with Crippen molar-refractivity contribution in [2.75, 3.05) is 30.8 Å². The van der Waals surface area contributed by atoms with Gasteiger partial charge >= 0.3 is 15.6 Å². The minimum atomic E-state index is -5.37. The number of nitrogens with zero attached hydrogens (tertiary/aromatic N) is 5. The van der Waals surface area contributed by atoms with E-state index in [-0.39, 0.29) is 28.6 Å². The molecule has 0 radical (unpaired) electrons. The molecule has 25 heteroatoms. The van der Waals surface area contributed by atoms with Crippen molar-refractivity contribution >= 4 is 55.8 Å². The van der Waals surface area contributed by atoms with Crippen LogP contribution < -0.4 is 16.8 Å². The Bertz CT molecular complexity index is 2130. The van der Waals surface area contributed by atoms with E-state index in [9.17, 15) is 33.9 Å². The standard InChI is InChI=1S/C30H38N8O14P2S/c1-30(2)50-21-17(48-23(22(21)51-30)27-35-15(12-55-27)25(32)41)11-47-54(44,45)52-53(42,43)46-10-16-19(39)20(40)28(49-16)38-13-34-18-24(31)36-29(37-26(18)38)33-9-8-14-6-4-3-5-7-14/h3-7,12-13,16-17,19-23,28,39-40H,8-11H2,1-2H3,(H2,32,41)(H,42,43)(H,44,45)(H3,31,33,36,37)/t16-,17-,19-,20-,21-,22-,23-,28-/m1/s1. The lowest BCUT2D eigenvalue weighted by Gasteiger charge is -2.24. The largest absolute Gasteiger partial charge is 0.481 e. The number of primary amides is 1. The van der Waals surface area contributed by atoms with E-state index in [1.165, 1.54) is 16.3 Å². The molecule has 10 atom stereocenters. The number of aliphatic hydroxyl groups is 2. The van der Waals surface area contributed by atoms with Gasteiger partial charge in [0.25, 0.3) is 5.91 Å². The molecule has 3 aromatic heterocycles. The zero-order chi connectivity index (χ0) is 39.3. The summed E-state index contributed by atoms with van der Waals surface area (Å²) in [5.74, 6) is -1.61. The highest BCUT2D eigenvalue weighted by molar-refractivity contribution is 7.61. The number of fused-ring (bicyclic) bond motifs is 2. The minimum absolute atomic E-state index is 0.0114. The summed E-state index contributed by atoms with van der Waals surface area (Å²) in [5.41, 5.74) is 12.9. The number of aromatic nitrogens is 5. The Morgan fingerprint density at radius 2 is 1.69 bits per heavy atom. The summed E-state index contributed by atoms with van der Waals surface area (Å²) in [6, 6.07) is 9.72. The highest BCUT2D eigenvalue weighted by Crippen LogP contribution is 2.61. The molecule has 298 valence electrons. The van der Waals surface area contributed by atoms with Crippen LogP contribution in [0.4, 0.5) is 11.8 Å². The van der Waals surface area contributed by atoms with Crippen LogP contribution in [0.15, 0.2) is 42.0 Å². The Hall–Kier alpha value is -3.51. The Balaban J connectivity index is 0.951. The molecular weight excluding hydrogens is 790 g/mol. The van der Waals surface area contributed by atoms with Gasteiger partial charge in [0.2, 0.25) is 5.95 Å². The van der Waals surface area contributed by atoms with Gasteiger partial charge in [-0.15, -0.1) is 11.3 Å². The van der Waals surface area contributed by atoms with Crippen molar-refractivity contribution in [3.05, 3.63) is 58.3 Å². The first kappa shape index (κ1) is 39.7. The lowest BCUT2D eigenvalue weighted by Crippen LogP contribution is -2.33. The number of rotatable bonds is 15. The van der Waals surface area contributed by atoms with Gasteiger partial charge < -0.3 is 55.7 Å². The number of imidazole rings is 1. The van der Waals surface area contributed by atoms with Crippen LogP contribution >= 0.6 is 27.0 Å². The SMILES string of the molecule is CC1(C)O[C@@H]2[C@H](O1)[C@@H](COP(=O)(O)OP(=O)(O)OC[C@H]1O[C@@H](n3cnc4c(N)nc(NCCc5ccccc5)nc43)[C@H](O)[C@@H]1O)O[C@H]2c1nc(C(N)=O)cs1. The molecule has 1 aromatic carbocycles. The van der Waals surface area contributed by atoms with Gasteiger partial charge in [-0.2, -0.15) is 14.3 Å². The van der Waals surface area contributed by atoms with Crippen LogP contribution in [0.5, 0.6) is 0 Å². The molecule has 2 unspecified atom stereocenters. The normalized spacial score (nSPS) is 29.6. The number of phosphoric acid groups is 2. The molecule has 3 saturated heterocycles. The predicted molar refractivity (Wildman–Crippen MR) is 189 cm³/mol. The number of hydrogen-bond acceptors (Lipinski definition) is 19. The van der Waals surface area contributed by atoms with Gasteiger partial charge in [0.15, 0.2) is 23.5 Å². The smallest absolute Gasteiger partial charge is 0.387 e. The van der Waals surface area contributed by atoms with Crippen molar-refractivity contribution in [1.29, 1.82) is 0 Å². The maximum absolute atomic E-state index is 12.8. The summed E-state index contributed by atoms with van der Waals surface area (Å²) >= 11 is 1.09. The molecule has 4 aromatic rings. The van der Waals surface area contributed by atoms with Gasteiger partial charge in [-0.3, -0.25) is 18.4 Å². The van der Waals surface area contributed by atoms with Gasteiger partial charge in [0.1, 0.15) is 58.9 Å². The fourth-order valence-corrected chi connectivity index (χ4v) is 9.29. The Morgan fingerprint density at radius 1 is 1.00 bits per heavy atom. The average Bonchev–Trinajstić information content (AvgIpc) is 3.93. The van der Waals surface area contributed by atoms with Gasteiger partial charge in [-0.1, -0.05) is 30.3 Å². The summed E-state index contributed by atoms with van der Waals surface area (Å²) in [4.78, 5) is 49.3. The topological polar surface area (TPSA) is 317 Å². The molecule has 0 aliphatic carbocycles. The van der Waals surface area contributed by atoms with E-state index >= 15 is 0 Å². The van der Waals surface area contributed by atoms with Crippen LogP contribution in [0, 0.1) is 0 Å². The average molecular weight is 829 g/mol. The van der Waals surface area contributed by atoms with Crippen molar-refractivity contribution in [1.82, 2.24) is 24.5 Å². The number of nitrogens with two attached hydrogens (primary N) is 2. The van der Waals surface area contributed by atoms with Crippen molar-refractivity contribution in [2.24, 2.45) is 5.73 Å². The van der Waals surface area contributed by atoms with E-state index in [0.717, 1.165) is 16.9 Å². The highest BCUT2D eigenvalue weighted by Gasteiger charge is 2.57. The molecule has 0 saturated carbocycles. The molecule has 22 nitrogen and oxygen atoms in total. The number of nitrogens with one attached hydrogen (secondary N) is 1. The van der Waals surface area contributed by atoms with Crippen LogP contribution in [0.1, 0.15) is 47.2 Å². The highest BCUT2D eigenvalue weighted by atomic mass is 32.1. The second-order valence-electron chi connectivity index (χ2n) is 13.2. The Labute approximate surface area is 315 Å². The molecule has 1 amide bonds. The number of ether oxygens (including phenoxy) is 4. The van der Waals surface area contributed by atoms with Crippen LogP contribution in [-0.4, -0.2) is 113 Å². The molecule has 3 aliphatic heterocycles. The monoisotopic (exact) mass is 828 g/mol. The first-order chi connectivity index (χ1) is 26.0. The summed E-state index contributed by atoms with van der Waals surface area (Å²) in [7, 11) is -10.7. The molecule has 9 N–H and O–H groups in total. The zero-order valence-electron chi connectivity index (χ0n) is 29.1. The maximum Gasteiger partial charge on any atom is 0.481 e. The van der Waals surface area contributed by atoms with Crippen LogP contribution in [-0.2, 0) is 47.9 Å². The van der Waals surface area contributed by atoms with Crippen molar-refractivity contribution in [3.63, 3.8) is 0 Å². The minimum Gasteiger partial charge on any atom is -0.387 e. The third kappa shape index (κ3) is 8.75. The predicted octanol–water partition coefficient (Wildman–Crippen LogP) is 1.15. The fourth-order valence-electron chi connectivity index (χ4n) is 6.32. The number of aliphatic hydroxyl groups excluding tert-OH is 2. The van der Waals surface area contributed by atoms with E-state index in [0.29, 0.717) is 18.0 Å². The number of thiazole rings is 1.